The molecule has 1 aromatic carbocycles. The zero-order chi connectivity index (χ0) is 20.5. The summed E-state index contributed by atoms with van der Waals surface area (Å²) in [5.74, 6) is 0.731. The molecule has 0 radical (unpaired) electrons. The number of rotatable bonds is 7. The lowest BCUT2D eigenvalue weighted by molar-refractivity contribution is 0.384. The van der Waals surface area contributed by atoms with Gasteiger partial charge in [-0.3, -0.25) is 14.2 Å². The normalized spacial score (nSPS) is 11.8. The van der Waals surface area contributed by atoms with Crippen LogP contribution in [-0.2, 0) is 13.6 Å². The third-order valence-corrected chi connectivity index (χ3v) is 5.25. The lowest BCUT2D eigenvalue weighted by Crippen LogP contribution is -2.13. The van der Waals surface area contributed by atoms with Crippen molar-refractivity contribution in [1.29, 1.82) is 0 Å². The van der Waals surface area contributed by atoms with Gasteiger partial charge in [0, 0.05) is 42.4 Å². The number of aryl methyl sites for hydroxylation is 2. The highest BCUT2D eigenvalue weighted by Gasteiger charge is 2.15. The van der Waals surface area contributed by atoms with Crippen molar-refractivity contribution in [2.45, 2.75) is 19.4 Å². The molecule has 0 atom stereocenters. The van der Waals surface area contributed by atoms with Crippen molar-refractivity contribution in [3.63, 3.8) is 0 Å². The van der Waals surface area contributed by atoms with Crippen LogP contribution in [0.2, 0.25) is 0 Å². The molecule has 0 saturated carbocycles. The Bertz CT molecular complexity index is 1220. The van der Waals surface area contributed by atoms with E-state index in [1.54, 1.807) is 24.9 Å². The number of pyridine rings is 1. The Morgan fingerprint density at radius 2 is 2.03 bits per heavy atom. The molecule has 152 valence electrons. The molecule has 29 heavy (non-hydrogen) atoms. The number of methoxy groups -OCH3 is 1. The van der Waals surface area contributed by atoms with Gasteiger partial charge in [-0.25, -0.2) is 4.79 Å². The van der Waals surface area contributed by atoms with Crippen molar-refractivity contribution >= 4 is 21.9 Å². The molecule has 0 spiro atoms. The Balaban J connectivity index is 1.72. The second-order valence-corrected chi connectivity index (χ2v) is 7.58. The number of fused-ring (bicyclic) bond motifs is 3. The van der Waals surface area contributed by atoms with Crippen molar-refractivity contribution in [2.24, 2.45) is 7.05 Å². The maximum atomic E-state index is 12.1. The quantitative estimate of drug-likeness (QED) is 0.488. The van der Waals surface area contributed by atoms with Crippen molar-refractivity contribution < 1.29 is 4.74 Å². The summed E-state index contributed by atoms with van der Waals surface area (Å²) in [6, 6.07) is 3.93. The van der Waals surface area contributed by atoms with Gasteiger partial charge in [0.25, 0.3) is 0 Å². The predicted molar refractivity (Wildman–Crippen MR) is 114 cm³/mol. The minimum atomic E-state index is -0.155. The molecular weight excluding hydrogens is 368 g/mol. The Hall–Kier alpha value is -3.13. The number of hydrogen-bond acceptors (Lipinski definition) is 5. The average molecular weight is 394 g/mol. The number of imidazole rings is 1. The molecule has 3 aromatic heterocycles. The van der Waals surface area contributed by atoms with Gasteiger partial charge in [-0.2, -0.15) is 5.10 Å². The zero-order valence-electron chi connectivity index (χ0n) is 17.3. The number of hydrogen-bond donors (Lipinski definition) is 1. The number of nitrogens with one attached hydrogen (secondary N) is 1. The number of nitrogens with zero attached hydrogens (tertiary/aromatic N) is 5. The molecule has 0 amide bonds. The highest BCUT2D eigenvalue weighted by molar-refractivity contribution is 6.04. The third-order valence-electron chi connectivity index (χ3n) is 5.25. The SMILES string of the molecule is COc1cc2ncc3c([nH]c(=O)n3C)c2cc1-c1cnn(CCCCN(C)C)c1. The van der Waals surface area contributed by atoms with Crippen LogP contribution in [0.5, 0.6) is 5.75 Å². The van der Waals surface area contributed by atoms with E-state index in [9.17, 15) is 4.79 Å². The van der Waals surface area contributed by atoms with Crippen LogP contribution in [0.25, 0.3) is 33.1 Å². The molecule has 0 saturated heterocycles. The topological polar surface area (TPSA) is 81.0 Å². The standard InChI is InChI=1S/C21H26N6O2/c1-25(2)7-5-6-8-27-13-14(11-23-27)15-9-16-17(10-19(15)29-4)22-12-18-20(16)24-21(28)26(18)3/h9-13H,5-8H2,1-4H3,(H,24,28). The lowest BCUT2D eigenvalue weighted by Gasteiger charge is -2.10. The van der Waals surface area contributed by atoms with E-state index in [0.717, 1.165) is 64.7 Å². The highest BCUT2D eigenvalue weighted by atomic mass is 16.5. The molecule has 0 aliphatic carbocycles. The first-order valence-corrected chi connectivity index (χ1v) is 9.71. The van der Waals surface area contributed by atoms with E-state index in [-0.39, 0.29) is 5.69 Å². The van der Waals surface area contributed by atoms with Gasteiger partial charge in [-0.05, 0) is 39.5 Å². The van der Waals surface area contributed by atoms with E-state index in [1.807, 2.05) is 29.2 Å². The van der Waals surface area contributed by atoms with E-state index < -0.39 is 0 Å². The maximum absolute atomic E-state index is 12.1. The van der Waals surface area contributed by atoms with Crippen LogP contribution >= 0.6 is 0 Å². The fourth-order valence-corrected chi connectivity index (χ4v) is 3.62. The molecule has 1 N–H and O–H groups in total. The number of unbranched alkanes of at least 4 members (excludes halogenated alkanes) is 1. The summed E-state index contributed by atoms with van der Waals surface area (Å²) in [4.78, 5) is 21.7. The van der Waals surface area contributed by atoms with Gasteiger partial charge in [0.05, 0.1) is 36.1 Å². The average Bonchev–Trinajstić information content (AvgIpc) is 3.29. The van der Waals surface area contributed by atoms with Gasteiger partial charge < -0.3 is 14.6 Å². The molecule has 8 heteroatoms. The highest BCUT2D eigenvalue weighted by Crippen LogP contribution is 2.35. The van der Waals surface area contributed by atoms with E-state index in [1.165, 1.54) is 0 Å². The predicted octanol–water partition coefficient (Wildman–Crippen LogP) is 2.63. The first-order chi connectivity index (χ1) is 14.0. The fraction of sp³-hybridized carbons (Fsp3) is 0.381. The van der Waals surface area contributed by atoms with Crippen LogP contribution in [0, 0.1) is 0 Å². The van der Waals surface area contributed by atoms with Gasteiger partial charge >= 0.3 is 5.69 Å². The number of ether oxygens (including phenoxy) is 1. The number of aromatic nitrogens is 5. The van der Waals surface area contributed by atoms with Gasteiger partial charge in [0.2, 0.25) is 0 Å². The summed E-state index contributed by atoms with van der Waals surface area (Å²) in [6.07, 6.45) is 7.81. The zero-order valence-corrected chi connectivity index (χ0v) is 17.3. The van der Waals surface area contributed by atoms with Crippen LogP contribution < -0.4 is 10.4 Å². The van der Waals surface area contributed by atoms with E-state index in [2.05, 4.69) is 34.1 Å². The number of benzene rings is 1. The lowest BCUT2D eigenvalue weighted by atomic mass is 10.0. The van der Waals surface area contributed by atoms with Crippen LogP contribution in [0.3, 0.4) is 0 Å². The molecule has 0 aliphatic rings. The van der Waals surface area contributed by atoms with Crippen molar-refractivity contribution in [2.75, 3.05) is 27.7 Å². The molecule has 0 bridgehead atoms. The minimum Gasteiger partial charge on any atom is -0.496 e. The molecule has 8 nitrogen and oxygen atoms in total. The molecule has 4 aromatic rings. The smallest absolute Gasteiger partial charge is 0.326 e. The van der Waals surface area contributed by atoms with E-state index in [4.69, 9.17) is 4.74 Å². The van der Waals surface area contributed by atoms with E-state index in [0.29, 0.717) is 0 Å². The molecule has 0 unspecified atom stereocenters. The van der Waals surface area contributed by atoms with Crippen molar-refractivity contribution in [1.82, 2.24) is 29.2 Å². The van der Waals surface area contributed by atoms with Gasteiger partial charge in [0.1, 0.15) is 5.75 Å². The Kier molecular flexibility index (Phi) is 5.10. The first kappa shape index (κ1) is 19.2. The fourth-order valence-electron chi connectivity index (χ4n) is 3.62. The first-order valence-electron chi connectivity index (χ1n) is 9.71. The van der Waals surface area contributed by atoms with E-state index >= 15 is 0 Å². The molecule has 0 fully saturated rings. The summed E-state index contributed by atoms with van der Waals surface area (Å²) in [5.41, 5.74) is 4.08. The molecule has 4 rings (SSSR count). The summed E-state index contributed by atoms with van der Waals surface area (Å²) in [5, 5.41) is 5.40. The molecular formula is C21H26N6O2. The van der Waals surface area contributed by atoms with Gasteiger partial charge in [-0.1, -0.05) is 0 Å². The minimum absolute atomic E-state index is 0.155. The Morgan fingerprint density at radius 3 is 2.79 bits per heavy atom. The Morgan fingerprint density at radius 1 is 1.21 bits per heavy atom. The molecule has 3 heterocycles. The van der Waals surface area contributed by atoms with Gasteiger partial charge in [0.15, 0.2) is 0 Å². The van der Waals surface area contributed by atoms with Crippen LogP contribution in [0.15, 0.2) is 35.5 Å². The summed E-state index contributed by atoms with van der Waals surface area (Å²) < 4.78 is 9.16. The third kappa shape index (κ3) is 3.63. The summed E-state index contributed by atoms with van der Waals surface area (Å²) in [7, 11) is 7.56. The van der Waals surface area contributed by atoms with Crippen molar-refractivity contribution in [3.8, 4) is 16.9 Å². The largest absolute Gasteiger partial charge is 0.496 e. The summed E-state index contributed by atoms with van der Waals surface area (Å²) >= 11 is 0. The number of H-pyrrole nitrogens is 1. The van der Waals surface area contributed by atoms with Crippen molar-refractivity contribution in [3.05, 3.63) is 41.2 Å². The molecule has 0 aliphatic heterocycles. The van der Waals surface area contributed by atoms with Gasteiger partial charge in [-0.15, -0.1) is 0 Å². The maximum Gasteiger partial charge on any atom is 0.326 e. The van der Waals surface area contributed by atoms with Crippen LogP contribution in [0.1, 0.15) is 12.8 Å². The number of aromatic amines is 1. The van der Waals surface area contributed by atoms with Crippen LogP contribution in [-0.4, -0.2) is 57.0 Å². The summed E-state index contributed by atoms with van der Waals surface area (Å²) in [6.45, 7) is 1.95. The Labute approximate surface area is 168 Å². The second-order valence-electron chi connectivity index (χ2n) is 7.58. The monoisotopic (exact) mass is 394 g/mol. The van der Waals surface area contributed by atoms with Crippen LogP contribution in [0.4, 0.5) is 0 Å². The second kappa shape index (κ2) is 7.71.